The van der Waals surface area contributed by atoms with Crippen molar-refractivity contribution < 1.29 is 4.79 Å². The van der Waals surface area contributed by atoms with E-state index in [0.29, 0.717) is 11.4 Å². The molecule has 4 nitrogen and oxygen atoms in total. The SMILES string of the molecule is CCNCCNC(=O)c1sc(C)nc1-c1ccccc1.Cl.Cl. The maximum absolute atomic E-state index is 12.2. The first-order chi connectivity index (χ1) is 9.72. The summed E-state index contributed by atoms with van der Waals surface area (Å²) in [6.07, 6.45) is 0. The molecule has 0 aliphatic carbocycles. The number of amides is 1. The molecule has 0 aliphatic heterocycles. The van der Waals surface area contributed by atoms with Crippen molar-refractivity contribution in [2.24, 2.45) is 0 Å². The molecule has 122 valence electrons. The van der Waals surface area contributed by atoms with Gasteiger partial charge in [-0.15, -0.1) is 36.2 Å². The van der Waals surface area contributed by atoms with Gasteiger partial charge in [0.1, 0.15) is 4.88 Å². The molecule has 0 aliphatic rings. The van der Waals surface area contributed by atoms with Crippen molar-refractivity contribution in [1.29, 1.82) is 0 Å². The average molecular weight is 362 g/mol. The van der Waals surface area contributed by atoms with Crippen molar-refractivity contribution in [1.82, 2.24) is 15.6 Å². The minimum absolute atomic E-state index is 0. The largest absolute Gasteiger partial charge is 0.350 e. The van der Waals surface area contributed by atoms with Gasteiger partial charge in [0.25, 0.3) is 5.91 Å². The number of aryl methyl sites for hydroxylation is 1. The van der Waals surface area contributed by atoms with Crippen LogP contribution < -0.4 is 10.6 Å². The summed E-state index contributed by atoms with van der Waals surface area (Å²) in [6, 6.07) is 9.82. The molecule has 1 heterocycles. The zero-order valence-corrected chi connectivity index (χ0v) is 15.0. The van der Waals surface area contributed by atoms with Crippen molar-refractivity contribution in [3.05, 3.63) is 40.2 Å². The van der Waals surface area contributed by atoms with Gasteiger partial charge in [0.2, 0.25) is 0 Å². The van der Waals surface area contributed by atoms with E-state index in [0.717, 1.165) is 29.4 Å². The first kappa shape index (κ1) is 20.9. The van der Waals surface area contributed by atoms with E-state index >= 15 is 0 Å². The maximum atomic E-state index is 12.2. The molecule has 2 N–H and O–H groups in total. The number of nitrogens with zero attached hydrogens (tertiary/aromatic N) is 1. The molecule has 0 unspecified atom stereocenters. The minimum Gasteiger partial charge on any atom is -0.350 e. The van der Waals surface area contributed by atoms with Crippen LogP contribution in [0.25, 0.3) is 11.3 Å². The summed E-state index contributed by atoms with van der Waals surface area (Å²) in [5, 5.41) is 7.01. The molecule has 0 radical (unpaired) electrons. The first-order valence-electron chi connectivity index (χ1n) is 6.74. The summed E-state index contributed by atoms with van der Waals surface area (Å²) >= 11 is 1.44. The summed E-state index contributed by atoms with van der Waals surface area (Å²) < 4.78 is 0. The van der Waals surface area contributed by atoms with Crippen LogP contribution in [0.2, 0.25) is 0 Å². The molecule has 1 aromatic carbocycles. The number of likely N-dealkylation sites (N-methyl/N-ethyl adjacent to an activating group) is 1. The molecule has 0 spiro atoms. The molecule has 1 aromatic heterocycles. The Morgan fingerprint density at radius 2 is 1.86 bits per heavy atom. The number of rotatable bonds is 6. The molecular weight excluding hydrogens is 341 g/mol. The molecule has 1 amide bonds. The van der Waals surface area contributed by atoms with Crippen LogP contribution in [-0.2, 0) is 0 Å². The van der Waals surface area contributed by atoms with Crippen LogP contribution in [0.1, 0.15) is 21.6 Å². The zero-order valence-electron chi connectivity index (χ0n) is 12.6. The van der Waals surface area contributed by atoms with Gasteiger partial charge in [-0.25, -0.2) is 4.98 Å². The van der Waals surface area contributed by atoms with Crippen LogP contribution in [0.15, 0.2) is 30.3 Å². The number of carbonyl (C=O) groups excluding carboxylic acids is 1. The van der Waals surface area contributed by atoms with E-state index in [9.17, 15) is 4.79 Å². The third kappa shape index (κ3) is 5.57. The number of benzene rings is 1. The van der Waals surface area contributed by atoms with Crippen LogP contribution in [-0.4, -0.2) is 30.5 Å². The lowest BCUT2D eigenvalue weighted by Gasteiger charge is -2.05. The van der Waals surface area contributed by atoms with Gasteiger partial charge in [-0.3, -0.25) is 4.79 Å². The third-order valence-electron chi connectivity index (χ3n) is 2.82. The second-order valence-corrected chi connectivity index (χ2v) is 5.59. The van der Waals surface area contributed by atoms with Crippen LogP contribution >= 0.6 is 36.2 Å². The fourth-order valence-electron chi connectivity index (χ4n) is 1.89. The van der Waals surface area contributed by atoms with Crippen molar-refractivity contribution >= 4 is 42.1 Å². The van der Waals surface area contributed by atoms with E-state index in [4.69, 9.17) is 0 Å². The van der Waals surface area contributed by atoms with Gasteiger partial charge >= 0.3 is 0 Å². The van der Waals surface area contributed by atoms with E-state index in [2.05, 4.69) is 15.6 Å². The van der Waals surface area contributed by atoms with Gasteiger partial charge in [0.05, 0.1) is 10.7 Å². The molecule has 2 rings (SSSR count). The molecule has 22 heavy (non-hydrogen) atoms. The fourth-order valence-corrected chi connectivity index (χ4v) is 2.75. The summed E-state index contributed by atoms with van der Waals surface area (Å²) in [7, 11) is 0. The Balaban J connectivity index is 0.00000220. The second kappa shape index (κ2) is 10.6. The van der Waals surface area contributed by atoms with Crippen LogP contribution in [0.5, 0.6) is 0 Å². The van der Waals surface area contributed by atoms with Crippen molar-refractivity contribution in [3.8, 4) is 11.3 Å². The van der Waals surface area contributed by atoms with Gasteiger partial charge in [0.15, 0.2) is 0 Å². The predicted octanol–water partition coefficient (Wildman–Crippen LogP) is 3.30. The molecule has 0 atom stereocenters. The topological polar surface area (TPSA) is 54.0 Å². The van der Waals surface area contributed by atoms with Crippen molar-refractivity contribution in [2.75, 3.05) is 19.6 Å². The molecule has 0 fully saturated rings. The van der Waals surface area contributed by atoms with Gasteiger partial charge in [-0.1, -0.05) is 37.3 Å². The van der Waals surface area contributed by atoms with Crippen LogP contribution in [0.4, 0.5) is 0 Å². The molecule has 0 bridgehead atoms. The second-order valence-electron chi connectivity index (χ2n) is 4.39. The Bertz CT molecular complexity index is 575. The number of thiazole rings is 1. The van der Waals surface area contributed by atoms with Gasteiger partial charge in [-0.2, -0.15) is 0 Å². The number of hydrogen-bond donors (Lipinski definition) is 2. The van der Waals surface area contributed by atoms with E-state index in [1.54, 1.807) is 0 Å². The third-order valence-corrected chi connectivity index (χ3v) is 3.79. The Morgan fingerprint density at radius 3 is 2.50 bits per heavy atom. The summed E-state index contributed by atoms with van der Waals surface area (Å²) in [6.45, 7) is 6.28. The lowest BCUT2D eigenvalue weighted by molar-refractivity contribution is 0.0958. The standard InChI is InChI=1S/C15H19N3OS.2ClH/c1-3-16-9-10-17-15(19)14-13(18-11(2)20-14)12-7-5-4-6-8-12;;/h4-8,16H,3,9-10H2,1-2H3,(H,17,19);2*1H. The van der Waals surface area contributed by atoms with Crippen LogP contribution in [0.3, 0.4) is 0 Å². The summed E-state index contributed by atoms with van der Waals surface area (Å²) in [5.41, 5.74) is 1.75. The van der Waals surface area contributed by atoms with Crippen molar-refractivity contribution in [2.45, 2.75) is 13.8 Å². The van der Waals surface area contributed by atoms with Gasteiger partial charge in [0, 0.05) is 18.7 Å². The lowest BCUT2D eigenvalue weighted by atomic mass is 10.1. The summed E-state index contributed by atoms with van der Waals surface area (Å²) in [5.74, 6) is -0.0487. The smallest absolute Gasteiger partial charge is 0.263 e. The van der Waals surface area contributed by atoms with Crippen molar-refractivity contribution in [3.63, 3.8) is 0 Å². The number of aromatic nitrogens is 1. The Morgan fingerprint density at radius 1 is 1.18 bits per heavy atom. The van der Waals surface area contributed by atoms with Gasteiger partial charge < -0.3 is 10.6 Å². The monoisotopic (exact) mass is 361 g/mol. The number of hydrogen-bond acceptors (Lipinski definition) is 4. The highest BCUT2D eigenvalue weighted by atomic mass is 35.5. The van der Waals surface area contributed by atoms with E-state index in [1.807, 2.05) is 44.2 Å². The highest BCUT2D eigenvalue weighted by molar-refractivity contribution is 7.14. The number of carbonyl (C=O) groups is 1. The van der Waals surface area contributed by atoms with E-state index in [1.165, 1.54) is 11.3 Å². The highest BCUT2D eigenvalue weighted by Crippen LogP contribution is 2.27. The fraction of sp³-hybridized carbons (Fsp3) is 0.333. The number of nitrogens with one attached hydrogen (secondary N) is 2. The summed E-state index contributed by atoms with van der Waals surface area (Å²) in [4.78, 5) is 17.4. The molecule has 0 saturated carbocycles. The quantitative estimate of drug-likeness (QED) is 0.776. The van der Waals surface area contributed by atoms with E-state index < -0.39 is 0 Å². The van der Waals surface area contributed by atoms with E-state index in [-0.39, 0.29) is 30.7 Å². The van der Waals surface area contributed by atoms with Gasteiger partial charge in [-0.05, 0) is 13.5 Å². The van der Waals surface area contributed by atoms with Crippen LogP contribution in [0, 0.1) is 6.92 Å². The first-order valence-corrected chi connectivity index (χ1v) is 7.55. The average Bonchev–Trinajstić information content (AvgIpc) is 2.86. The molecule has 2 aromatic rings. The molecule has 7 heteroatoms. The minimum atomic E-state index is -0.0487. The highest BCUT2D eigenvalue weighted by Gasteiger charge is 2.17. The lowest BCUT2D eigenvalue weighted by Crippen LogP contribution is -2.31. The Labute approximate surface area is 147 Å². The predicted molar refractivity (Wildman–Crippen MR) is 97.7 cm³/mol. The molecule has 0 saturated heterocycles. The maximum Gasteiger partial charge on any atom is 0.263 e. The normalized spacial score (nSPS) is 9.55. The Hall–Kier alpha value is -1.14. The number of halogens is 2. The zero-order chi connectivity index (χ0) is 14.4. The Kier molecular flexibility index (Phi) is 10.0. The molecular formula is C15H21Cl2N3OS.